The number of likely N-dealkylation sites (tertiary alicyclic amines) is 1. The van der Waals surface area contributed by atoms with E-state index >= 15 is 0 Å². The largest absolute Gasteiger partial charge is 0.383 e. The normalized spacial score (nSPS) is 18.0. The molecule has 0 radical (unpaired) electrons. The number of carbonyl (C=O) groups excluding carboxylic acids is 2. The molecule has 0 saturated carbocycles. The number of aliphatic hydroxyl groups is 1. The van der Waals surface area contributed by atoms with E-state index in [0.717, 1.165) is 32.0 Å². The summed E-state index contributed by atoms with van der Waals surface area (Å²) in [4.78, 5) is 29.8. The summed E-state index contributed by atoms with van der Waals surface area (Å²) in [5.74, 6) is -0.107. The maximum absolute atomic E-state index is 12.7. The molecule has 1 heterocycles. The molecule has 1 aliphatic heterocycles. The summed E-state index contributed by atoms with van der Waals surface area (Å²) in [5, 5.41) is 13.6. The second kappa shape index (κ2) is 17.0. The molecule has 0 aromatic rings. The van der Waals surface area contributed by atoms with E-state index in [1.165, 1.54) is 38.5 Å². The Kier molecular flexibility index (Phi) is 15.0. The van der Waals surface area contributed by atoms with Crippen LogP contribution in [-0.2, 0) is 9.59 Å². The summed E-state index contributed by atoms with van der Waals surface area (Å²) in [6, 6.07) is -0.255. The van der Waals surface area contributed by atoms with Gasteiger partial charge in [-0.05, 0) is 32.1 Å². The molecule has 0 aromatic heterocycles. The molecule has 3 atom stereocenters. The second-order valence-corrected chi connectivity index (χ2v) is 8.71. The monoisotopic (exact) mass is 439 g/mol. The number of aldehydes is 1. The molecule has 0 spiro atoms. The molecule has 1 aliphatic rings. The van der Waals surface area contributed by atoms with E-state index in [1.54, 1.807) is 4.90 Å². The van der Waals surface area contributed by atoms with Crippen LogP contribution in [0.3, 0.4) is 0 Å². The molecule has 0 unspecified atom stereocenters. The molecule has 1 fully saturated rings. The van der Waals surface area contributed by atoms with Gasteiger partial charge in [-0.25, -0.2) is 0 Å². The Bertz CT molecular complexity index is 525. The van der Waals surface area contributed by atoms with Crippen molar-refractivity contribution < 1.29 is 14.7 Å². The molecule has 0 aliphatic carbocycles. The number of rotatable bonds is 18. The number of aliphatic hydroxyl groups excluding tert-OH is 1. The number of nitrogens with zero attached hydrogens (tertiary/aromatic N) is 2. The van der Waals surface area contributed by atoms with E-state index in [2.05, 4.69) is 17.2 Å². The predicted octanol–water partition coefficient (Wildman–Crippen LogP) is 2.08. The van der Waals surface area contributed by atoms with Crippen molar-refractivity contribution >= 4 is 18.2 Å². The maximum atomic E-state index is 12.7. The SMILES string of the molecule is CCCCCCCCCC[C@@H](O)C(=O)N1CCC[C@H]1CN[C@H](C=O)CCCN=C(N)N. The lowest BCUT2D eigenvalue weighted by Gasteiger charge is -2.28. The summed E-state index contributed by atoms with van der Waals surface area (Å²) in [6.45, 7) is 3.95. The van der Waals surface area contributed by atoms with Gasteiger partial charge in [0.2, 0.25) is 0 Å². The zero-order valence-electron chi connectivity index (χ0n) is 19.4. The van der Waals surface area contributed by atoms with E-state index in [4.69, 9.17) is 11.5 Å². The molecule has 180 valence electrons. The third kappa shape index (κ3) is 12.1. The fourth-order valence-electron chi connectivity index (χ4n) is 4.15. The molecular weight excluding hydrogens is 394 g/mol. The first kappa shape index (κ1) is 27.4. The number of carbonyl (C=O) groups is 2. The summed E-state index contributed by atoms with van der Waals surface area (Å²) in [7, 11) is 0. The minimum absolute atomic E-state index is 0.0286. The molecule has 1 amide bonds. The lowest BCUT2D eigenvalue weighted by atomic mass is 10.0. The first-order valence-electron chi connectivity index (χ1n) is 12.2. The fourth-order valence-corrected chi connectivity index (χ4v) is 4.15. The van der Waals surface area contributed by atoms with Crippen LogP contribution in [0.1, 0.15) is 90.4 Å². The number of nitrogens with two attached hydrogens (primary N) is 2. The van der Waals surface area contributed by atoms with E-state index < -0.39 is 6.10 Å². The number of amides is 1. The van der Waals surface area contributed by atoms with E-state index in [9.17, 15) is 14.7 Å². The van der Waals surface area contributed by atoms with Crippen LogP contribution in [0, 0.1) is 0 Å². The van der Waals surface area contributed by atoms with Crippen LogP contribution in [0.2, 0.25) is 0 Å². The zero-order valence-corrected chi connectivity index (χ0v) is 19.4. The summed E-state index contributed by atoms with van der Waals surface area (Å²) >= 11 is 0. The molecule has 31 heavy (non-hydrogen) atoms. The van der Waals surface area contributed by atoms with Gasteiger partial charge >= 0.3 is 0 Å². The van der Waals surface area contributed by atoms with Gasteiger partial charge in [0.15, 0.2) is 5.96 Å². The first-order valence-corrected chi connectivity index (χ1v) is 12.2. The summed E-state index contributed by atoms with van der Waals surface area (Å²) in [6.07, 6.45) is 13.2. The smallest absolute Gasteiger partial charge is 0.251 e. The number of guanidine groups is 1. The molecule has 0 aromatic carbocycles. The molecule has 8 nitrogen and oxygen atoms in total. The van der Waals surface area contributed by atoms with Crippen molar-refractivity contribution in [3.8, 4) is 0 Å². The van der Waals surface area contributed by atoms with Gasteiger partial charge in [0.25, 0.3) is 5.91 Å². The first-order chi connectivity index (χ1) is 15.0. The van der Waals surface area contributed by atoms with Gasteiger partial charge in [-0.1, -0.05) is 58.3 Å². The number of aliphatic imine (C=N–C) groups is 1. The van der Waals surface area contributed by atoms with E-state index in [1.807, 2.05) is 0 Å². The molecule has 1 saturated heterocycles. The van der Waals surface area contributed by atoms with Crippen LogP contribution in [0.5, 0.6) is 0 Å². The summed E-state index contributed by atoms with van der Waals surface area (Å²) in [5.41, 5.74) is 10.6. The molecule has 8 heteroatoms. The van der Waals surface area contributed by atoms with Crippen molar-refractivity contribution in [3.63, 3.8) is 0 Å². The lowest BCUT2D eigenvalue weighted by Crippen LogP contribution is -2.48. The minimum atomic E-state index is -0.915. The lowest BCUT2D eigenvalue weighted by molar-refractivity contribution is -0.141. The van der Waals surface area contributed by atoms with Crippen LogP contribution in [0.25, 0.3) is 0 Å². The standard InChI is InChI=1S/C23H45N5O3/c1-2-3-4-5-6-7-8-9-14-21(30)22(31)28-16-11-13-20(28)17-27-19(18-29)12-10-15-26-23(24)25/h18-21,27,30H,2-17H2,1H3,(H4,24,25,26)/t19-,20-,21+/m0/s1. The number of nitrogens with one attached hydrogen (secondary N) is 1. The quantitative estimate of drug-likeness (QED) is 0.112. The van der Waals surface area contributed by atoms with Gasteiger partial charge in [0.1, 0.15) is 12.4 Å². The summed E-state index contributed by atoms with van der Waals surface area (Å²) < 4.78 is 0. The van der Waals surface area contributed by atoms with Crippen LogP contribution >= 0.6 is 0 Å². The number of hydrogen-bond acceptors (Lipinski definition) is 5. The average Bonchev–Trinajstić information content (AvgIpc) is 3.22. The van der Waals surface area contributed by atoms with Gasteiger partial charge in [-0.2, -0.15) is 0 Å². The highest BCUT2D eigenvalue weighted by atomic mass is 16.3. The van der Waals surface area contributed by atoms with Crippen molar-refractivity contribution in [2.24, 2.45) is 16.5 Å². The number of hydrogen-bond donors (Lipinski definition) is 4. The Morgan fingerprint density at radius 1 is 1.13 bits per heavy atom. The highest BCUT2D eigenvalue weighted by molar-refractivity contribution is 5.81. The van der Waals surface area contributed by atoms with Gasteiger partial charge in [-0.15, -0.1) is 0 Å². The molecule has 1 rings (SSSR count). The molecular formula is C23H45N5O3. The fraction of sp³-hybridized carbons (Fsp3) is 0.870. The van der Waals surface area contributed by atoms with Gasteiger partial charge in [0, 0.05) is 25.7 Å². The van der Waals surface area contributed by atoms with Gasteiger partial charge in [-0.3, -0.25) is 9.79 Å². The minimum Gasteiger partial charge on any atom is -0.383 e. The van der Waals surface area contributed by atoms with Crippen molar-refractivity contribution in [2.45, 2.75) is 109 Å². The van der Waals surface area contributed by atoms with Crippen LogP contribution < -0.4 is 16.8 Å². The predicted molar refractivity (Wildman–Crippen MR) is 126 cm³/mol. The van der Waals surface area contributed by atoms with E-state index in [0.29, 0.717) is 38.9 Å². The number of unbranched alkanes of at least 4 members (excludes halogenated alkanes) is 7. The Hall–Kier alpha value is -1.67. The van der Waals surface area contributed by atoms with Crippen LogP contribution in [0.15, 0.2) is 4.99 Å². The highest BCUT2D eigenvalue weighted by Gasteiger charge is 2.32. The Labute approximate surface area is 188 Å². The molecule has 0 bridgehead atoms. The zero-order chi connectivity index (χ0) is 22.9. The third-order valence-electron chi connectivity index (χ3n) is 6.02. The average molecular weight is 440 g/mol. The topological polar surface area (TPSA) is 134 Å². The van der Waals surface area contributed by atoms with Gasteiger partial charge in [0.05, 0.1) is 6.04 Å². The third-order valence-corrected chi connectivity index (χ3v) is 6.02. The Morgan fingerprint density at radius 3 is 2.45 bits per heavy atom. The van der Waals surface area contributed by atoms with Crippen molar-refractivity contribution in [2.75, 3.05) is 19.6 Å². The maximum Gasteiger partial charge on any atom is 0.251 e. The van der Waals surface area contributed by atoms with E-state index in [-0.39, 0.29) is 24.0 Å². The van der Waals surface area contributed by atoms with Crippen molar-refractivity contribution in [3.05, 3.63) is 0 Å². The van der Waals surface area contributed by atoms with Crippen molar-refractivity contribution in [1.82, 2.24) is 10.2 Å². The Balaban J connectivity index is 2.28. The molecule has 6 N–H and O–H groups in total. The van der Waals surface area contributed by atoms with Crippen LogP contribution in [-0.4, -0.2) is 66.0 Å². The second-order valence-electron chi connectivity index (χ2n) is 8.71. The highest BCUT2D eigenvalue weighted by Crippen LogP contribution is 2.20. The van der Waals surface area contributed by atoms with Gasteiger partial charge < -0.3 is 31.6 Å². The van der Waals surface area contributed by atoms with Crippen molar-refractivity contribution in [1.29, 1.82) is 0 Å². The Morgan fingerprint density at radius 2 is 1.81 bits per heavy atom. The van der Waals surface area contributed by atoms with Crippen LogP contribution in [0.4, 0.5) is 0 Å².